The van der Waals surface area contributed by atoms with Gasteiger partial charge < -0.3 is 9.84 Å². The van der Waals surface area contributed by atoms with E-state index in [9.17, 15) is 9.90 Å². The Balaban J connectivity index is 2.43. The Bertz CT molecular complexity index is 595. The third-order valence-electron chi connectivity index (χ3n) is 2.94. The lowest BCUT2D eigenvalue weighted by Crippen LogP contribution is -2.12. The van der Waals surface area contributed by atoms with Gasteiger partial charge in [0.25, 0.3) is 0 Å². The van der Waals surface area contributed by atoms with Crippen LogP contribution in [0.25, 0.3) is 10.9 Å². The first-order valence-corrected chi connectivity index (χ1v) is 6.41. The maximum absolute atomic E-state index is 11.3. The van der Waals surface area contributed by atoms with Crippen molar-refractivity contribution in [2.45, 2.75) is 32.8 Å². The first-order chi connectivity index (χ1) is 9.11. The van der Waals surface area contributed by atoms with Crippen LogP contribution in [0.1, 0.15) is 37.0 Å². The monoisotopic (exact) mass is 259 g/mol. The zero-order valence-corrected chi connectivity index (χ0v) is 11.1. The Morgan fingerprint density at radius 3 is 2.84 bits per heavy atom. The predicted octanol–water partition coefficient (Wildman–Crippen LogP) is 3.50. The summed E-state index contributed by atoms with van der Waals surface area (Å²) < 4.78 is 5.68. The second-order valence-corrected chi connectivity index (χ2v) is 4.55. The maximum Gasteiger partial charge on any atom is 0.336 e. The molecule has 0 radical (unpaired) electrons. The molecule has 1 heterocycles. The van der Waals surface area contributed by atoms with Crippen molar-refractivity contribution in [1.82, 2.24) is 4.98 Å². The van der Waals surface area contributed by atoms with Crippen molar-refractivity contribution >= 4 is 16.9 Å². The molecule has 2 aromatic rings. The van der Waals surface area contributed by atoms with E-state index in [2.05, 4.69) is 11.9 Å². The van der Waals surface area contributed by atoms with Gasteiger partial charge in [-0.15, -0.1) is 0 Å². The number of hydrogen-bond acceptors (Lipinski definition) is 3. The highest BCUT2D eigenvalue weighted by Crippen LogP contribution is 2.23. The topological polar surface area (TPSA) is 59.4 Å². The van der Waals surface area contributed by atoms with E-state index < -0.39 is 5.97 Å². The molecule has 1 aromatic carbocycles. The molecule has 1 aromatic heterocycles. The van der Waals surface area contributed by atoms with Gasteiger partial charge >= 0.3 is 5.97 Å². The third kappa shape index (κ3) is 3.02. The van der Waals surface area contributed by atoms with E-state index in [0.717, 1.165) is 12.8 Å². The Labute approximate surface area is 112 Å². The van der Waals surface area contributed by atoms with Gasteiger partial charge in [-0.05, 0) is 19.4 Å². The lowest BCUT2D eigenvalue weighted by atomic mass is 10.1. The van der Waals surface area contributed by atoms with E-state index in [1.165, 1.54) is 6.07 Å². The molecular formula is C15H17NO3. The van der Waals surface area contributed by atoms with E-state index in [0.29, 0.717) is 16.8 Å². The van der Waals surface area contributed by atoms with Crippen LogP contribution in [-0.2, 0) is 0 Å². The normalized spacial score (nSPS) is 12.3. The second kappa shape index (κ2) is 5.69. The number of pyridine rings is 1. The van der Waals surface area contributed by atoms with Crippen LogP contribution in [-0.4, -0.2) is 22.2 Å². The molecule has 0 aliphatic carbocycles. The maximum atomic E-state index is 11.3. The zero-order valence-electron chi connectivity index (χ0n) is 11.1. The third-order valence-corrected chi connectivity index (χ3v) is 2.94. The van der Waals surface area contributed by atoms with E-state index in [1.807, 2.05) is 13.0 Å². The highest BCUT2D eigenvalue weighted by molar-refractivity contribution is 6.02. The molecule has 100 valence electrons. The van der Waals surface area contributed by atoms with Gasteiger partial charge in [-0.1, -0.05) is 31.5 Å². The van der Waals surface area contributed by atoms with Crippen LogP contribution < -0.4 is 4.74 Å². The minimum atomic E-state index is -0.966. The first-order valence-electron chi connectivity index (χ1n) is 6.41. The fraction of sp³-hybridized carbons (Fsp3) is 0.333. The number of hydrogen-bond donors (Lipinski definition) is 1. The molecule has 0 aliphatic heterocycles. The van der Waals surface area contributed by atoms with Crippen molar-refractivity contribution in [3.05, 3.63) is 35.9 Å². The van der Waals surface area contributed by atoms with Crippen molar-refractivity contribution < 1.29 is 14.6 Å². The summed E-state index contributed by atoms with van der Waals surface area (Å²) in [6, 6.07) is 8.68. The minimum Gasteiger partial charge on any atom is -0.478 e. The summed E-state index contributed by atoms with van der Waals surface area (Å²) in [5.74, 6) is -0.594. The number of fused-ring (bicyclic) bond motifs is 1. The number of nitrogens with zero attached hydrogens (tertiary/aromatic N) is 1. The Morgan fingerprint density at radius 2 is 2.16 bits per heavy atom. The highest BCUT2D eigenvalue weighted by atomic mass is 16.5. The first kappa shape index (κ1) is 13.3. The molecule has 1 N–H and O–H groups in total. The quantitative estimate of drug-likeness (QED) is 0.892. The number of aromatic carboxylic acids is 1. The van der Waals surface area contributed by atoms with Crippen LogP contribution in [0, 0.1) is 0 Å². The molecule has 0 fully saturated rings. The highest BCUT2D eigenvalue weighted by Gasteiger charge is 2.13. The lowest BCUT2D eigenvalue weighted by Gasteiger charge is -2.14. The smallest absolute Gasteiger partial charge is 0.336 e. The lowest BCUT2D eigenvalue weighted by molar-refractivity contribution is 0.0698. The Kier molecular flexibility index (Phi) is 4.00. The van der Waals surface area contributed by atoms with Crippen molar-refractivity contribution in [2.75, 3.05) is 0 Å². The van der Waals surface area contributed by atoms with Crippen LogP contribution in [0.4, 0.5) is 0 Å². The summed E-state index contributed by atoms with van der Waals surface area (Å²) in [6.45, 7) is 4.04. The molecule has 1 unspecified atom stereocenters. The van der Waals surface area contributed by atoms with Crippen LogP contribution in [0.5, 0.6) is 5.88 Å². The average molecular weight is 259 g/mol. The number of carbonyl (C=O) groups is 1. The van der Waals surface area contributed by atoms with Gasteiger partial charge in [-0.3, -0.25) is 0 Å². The van der Waals surface area contributed by atoms with Crippen LogP contribution in [0.3, 0.4) is 0 Å². The number of aromatic nitrogens is 1. The van der Waals surface area contributed by atoms with E-state index in [4.69, 9.17) is 4.74 Å². The van der Waals surface area contributed by atoms with E-state index in [-0.39, 0.29) is 11.7 Å². The zero-order chi connectivity index (χ0) is 13.8. The molecule has 1 atom stereocenters. The van der Waals surface area contributed by atoms with Crippen molar-refractivity contribution in [1.29, 1.82) is 0 Å². The second-order valence-electron chi connectivity index (χ2n) is 4.55. The van der Waals surface area contributed by atoms with Gasteiger partial charge in [-0.2, -0.15) is 0 Å². The summed E-state index contributed by atoms with van der Waals surface area (Å²) in [6.07, 6.45) is 1.96. The fourth-order valence-electron chi connectivity index (χ4n) is 2.06. The molecule has 0 spiro atoms. The minimum absolute atomic E-state index is 0.0281. The number of carboxylic acids is 1. The predicted molar refractivity (Wildman–Crippen MR) is 73.7 cm³/mol. The molecule has 4 heteroatoms. The Morgan fingerprint density at radius 1 is 1.42 bits per heavy atom. The summed E-state index contributed by atoms with van der Waals surface area (Å²) in [5.41, 5.74) is 0.866. The van der Waals surface area contributed by atoms with E-state index >= 15 is 0 Å². The number of benzene rings is 1. The van der Waals surface area contributed by atoms with Gasteiger partial charge in [-0.25, -0.2) is 9.78 Å². The molecule has 0 bridgehead atoms. The largest absolute Gasteiger partial charge is 0.478 e. The molecule has 0 saturated carbocycles. The van der Waals surface area contributed by atoms with Gasteiger partial charge in [0.05, 0.1) is 17.2 Å². The van der Waals surface area contributed by atoms with Crippen molar-refractivity contribution in [3.8, 4) is 5.88 Å². The van der Waals surface area contributed by atoms with Gasteiger partial charge in [0.2, 0.25) is 5.88 Å². The number of carboxylic acid groups (broad SMARTS) is 1. The molecule has 0 aliphatic rings. The van der Waals surface area contributed by atoms with Crippen molar-refractivity contribution in [3.63, 3.8) is 0 Å². The van der Waals surface area contributed by atoms with Crippen LogP contribution in [0.15, 0.2) is 30.3 Å². The summed E-state index contributed by atoms with van der Waals surface area (Å²) >= 11 is 0. The average Bonchev–Trinajstić information content (AvgIpc) is 2.37. The summed E-state index contributed by atoms with van der Waals surface area (Å²) in [5, 5.41) is 9.89. The summed E-state index contributed by atoms with van der Waals surface area (Å²) in [7, 11) is 0. The van der Waals surface area contributed by atoms with E-state index in [1.54, 1.807) is 18.2 Å². The molecule has 2 rings (SSSR count). The summed E-state index contributed by atoms with van der Waals surface area (Å²) in [4.78, 5) is 15.7. The van der Waals surface area contributed by atoms with Crippen LogP contribution in [0.2, 0.25) is 0 Å². The molecule has 4 nitrogen and oxygen atoms in total. The number of para-hydroxylation sites is 1. The molecular weight excluding hydrogens is 242 g/mol. The fourth-order valence-corrected chi connectivity index (χ4v) is 2.06. The molecule has 19 heavy (non-hydrogen) atoms. The number of rotatable bonds is 5. The standard InChI is InChI=1S/C15H17NO3/c1-3-6-10(2)19-14-9-12(15(17)18)11-7-4-5-8-13(11)16-14/h4-5,7-10H,3,6H2,1-2H3,(H,17,18). The van der Waals surface area contributed by atoms with Gasteiger partial charge in [0.1, 0.15) is 0 Å². The molecule has 0 amide bonds. The number of ether oxygens (including phenoxy) is 1. The Hall–Kier alpha value is -2.10. The van der Waals surface area contributed by atoms with Crippen LogP contribution >= 0.6 is 0 Å². The SMILES string of the molecule is CCCC(C)Oc1cc(C(=O)O)c2ccccc2n1. The van der Waals surface area contributed by atoms with Gasteiger partial charge in [0.15, 0.2) is 0 Å². The van der Waals surface area contributed by atoms with Crippen molar-refractivity contribution in [2.24, 2.45) is 0 Å². The molecule has 0 saturated heterocycles. The van der Waals surface area contributed by atoms with Gasteiger partial charge in [0, 0.05) is 11.5 Å².